The minimum atomic E-state index is 0.585. The van der Waals surface area contributed by atoms with Crippen LogP contribution >= 0.6 is 0 Å². The summed E-state index contributed by atoms with van der Waals surface area (Å²) in [6.45, 7) is 9.99. The molecule has 0 aliphatic carbocycles. The van der Waals surface area contributed by atoms with Crippen molar-refractivity contribution in [3.05, 3.63) is 60.2 Å². The minimum Gasteiger partial charge on any atom is -0.333 e. The Labute approximate surface area is 173 Å². The highest BCUT2D eigenvalue weighted by atomic mass is 14.6. The Morgan fingerprint density at radius 1 is 0.750 bits per heavy atom. The monoisotopic (exact) mass is 389 g/mol. The molecule has 0 bridgehead atoms. The number of pyridine rings is 2. The molecule has 0 amide bonds. The number of aromatic nitrogens is 2. The summed E-state index contributed by atoms with van der Waals surface area (Å²) >= 11 is 0. The second kappa shape index (κ2) is 21.5. The first-order valence-corrected chi connectivity index (χ1v) is 10.5. The van der Waals surface area contributed by atoms with E-state index in [2.05, 4.69) is 41.7 Å². The van der Waals surface area contributed by atoms with Gasteiger partial charge in [0.2, 0.25) is 0 Å². The van der Waals surface area contributed by atoms with Crippen LogP contribution in [0.15, 0.2) is 49.1 Å². The van der Waals surface area contributed by atoms with Gasteiger partial charge < -0.3 is 17.2 Å². The summed E-state index contributed by atoms with van der Waals surface area (Å²) in [5, 5.41) is 0. The molecule has 5 heteroatoms. The van der Waals surface area contributed by atoms with Crippen molar-refractivity contribution in [3.63, 3.8) is 0 Å². The normalized spacial score (nSPS) is 11.4. The maximum absolute atomic E-state index is 5.44. The predicted octanol–water partition coefficient (Wildman–Crippen LogP) is 4.45. The van der Waals surface area contributed by atoms with Gasteiger partial charge in [-0.15, -0.1) is 0 Å². The van der Waals surface area contributed by atoms with Crippen molar-refractivity contribution in [2.45, 2.75) is 65.2 Å². The zero-order valence-corrected chi connectivity index (χ0v) is 18.6. The van der Waals surface area contributed by atoms with Crippen molar-refractivity contribution in [2.24, 2.45) is 17.2 Å². The van der Waals surface area contributed by atoms with E-state index >= 15 is 0 Å². The molecule has 5 nitrogen and oxygen atoms in total. The van der Waals surface area contributed by atoms with E-state index in [0.717, 1.165) is 38.8 Å². The molecular weight excluding hydrogens is 346 g/mol. The summed E-state index contributed by atoms with van der Waals surface area (Å²) in [6, 6.07) is 8.20. The zero-order valence-electron chi connectivity index (χ0n) is 18.6. The van der Waals surface area contributed by atoms with E-state index in [1.807, 2.05) is 38.4 Å². The van der Waals surface area contributed by atoms with Gasteiger partial charge in [0.25, 0.3) is 0 Å². The first kappa shape index (κ1) is 28.4. The highest BCUT2D eigenvalue weighted by molar-refractivity contribution is 5.13. The Morgan fingerprint density at radius 2 is 1.11 bits per heavy atom. The lowest BCUT2D eigenvalue weighted by molar-refractivity contribution is 0.639. The van der Waals surface area contributed by atoms with Crippen molar-refractivity contribution in [3.8, 4) is 0 Å². The molecule has 160 valence electrons. The lowest BCUT2D eigenvalue weighted by atomic mass is 9.98. The summed E-state index contributed by atoms with van der Waals surface area (Å²) in [5.74, 6) is 1.17. The van der Waals surface area contributed by atoms with Crippen molar-refractivity contribution in [1.82, 2.24) is 9.97 Å². The average Bonchev–Trinajstić information content (AvgIpc) is 2.80. The molecular formula is C23H43N5. The van der Waals surface area contributed by atoms with E-state index in [1.165, 1.54) is 18.2 Å². The molecule has 28 heavy (non-hydrogen) atoms. The molecule has 2 aromatic heterocycles. The Kier molecular flexibility index (Phi) is 21.8. The van der Waals surface area contributed by atoms with Gasteiger partial charge >= 0.3 is 0 Å². The van der Waals surface area contributed by atoms with Crippen molar-refractivity contribution >= 4 is 0 Å². The molecule has 2 unspecified atom stereocenters. The van der Waals surface area contributed by atoms with E-state index < -0.39 is 0 Å². The molecule has 0 radical (unpaired) electrons. The van der Waals surface area contributed by atoms with E-state index in [4.69, 9.17) is 11.5 Å². The number of rotatable bonds is 8. The summed E-state index contributed by atoms with van der Waals surface area (Å²) in [4.78, 5) is 8.17. The van der Waals surface area contributed by atoms with Gasteiger partial charge in [0, 0.05) is 24.8 Å². The maximum Gasteiger partial charge on any atom is 0.0302 e. The highest BCUT2D eigenvalue weighted by Gasteiger charge is 2.04. The van der Waals surface area contributed by atoms with Crippen LogP contribution in [0.2, 0.25) is 0 Å². The molecule has 0 fully saturated rings. The van der Waals surface area contributed by atoms with Gasteiger partial charge in [-0.2, -0.15) is 0 Å². The quantitative estimate of drug-likeness (QED) is 0.619. The molecule has 2 atom stereocenters. The molecule has 2 aromatic rings. The highest BCUT2D eigenvalue weighted by Crippen LogP contribution is 2.19. The van der Waals surface area contributed by atoms with Crippen LogP contribution in [0.4, 0.5) is 0 Å². The van der Waals surface area contributed by atoms with E-state index in [-0.39, 0.29) is 0 Å². The van der Waals surface area contributed by atoms with E-state index in [9.17, 15) is 0 Å². The standard InChI is InChI=1S/2C10H16N2.C2H6.CH5N/c2*1-9(4-2-6-11)10-5-3-7-12-8-10;2*1-2/h2*3,5,7-9H,2,4,6,11H2,1H3;1-2H3;2H2,1H3. The lowest BCUT2D eigenvalue weighted by Gasteiger charge is -2.09. The van der Waals surface area contributed by atoms with Crippen LogP contribution in [0.5, 0.6) is 0 Å². The summed E-state index contributed by atoms with van der Waals surface area (Å²) in [5.41, 5.74) is 18.0. The third-order valence-corrected chi connectivity index (χ3v) is 4.19. The fraction of sp³-hybridized carbons (Fsp3) is 0.565. The van der Waals surface area contributed by atoms with Gasteiger partial charge in [-0.1, -0.05) is 39.8 Å². The summed E-state index contributed by atoms with van der Waals surface area (Å²) < 4.78 is 0. The van der Waals surface area contributed by atoms with Gasteiger partial charge in [-0.25, -0.2) is 0 Å². The molecule has 0 aliphatic heterocycles. The first-order valence-electron chi connectivity index (χ1n) is 10.5. The van der Waals surface area contributed by atoms with Crippen LogP contribution in [0.1, 0.15) is 76.3 Å². The zero-order chi connectivity index (χ0) is 21.6. The number of nitrogens with two attached hydrogens (primary N) is 3. The third-order valence-electron chi connectivity index (χ3n) is 4.19. The number of hydrogen-bond donors (Lipinski definition) is 3. The molecule has 0 spiro atoms. The Balaban J connectivity index is 0. The van der Waals surface area contributed by atoms with Crippen molar-refractivity contribution in [2.75, 3.05) is 20.1 Å². The van der Waals surface area contributed by atoms with Crippen LogP contribution in [0, 0.1) is 0 Å². The molecule has 0 saturated heterocycles. The Hall–Kier alpha value is -1.82. The third kappa shape index (κ3) is 14.3. The fourth-order valence-corrected chi connectivity index (χ4v) is 2.52. The predicted molar refractivity (Wildman–Crippen MR) is 123 cm³/mol. The van der Waals surface area contributed by atoms with Crippen LogP contribution in [0.25, 0.3) is 0 Å². The van der Waals surface area contributed by atoms with Crippen LogP contribution in [-0.2, 0) is 0 Å². The summed E-state index contributed by atoms with van der Waals surface area (Å²) in [7, 11) is 1.50. The second-order valence-corrected chi connectivity index (χ2v) is 6.24. The maximum atomic E-state index is 5.44. The Morgan fingerprint density at radius 3 is 1.36 bits per heavy atom. The van der Waals surface area contributed by atoms with Gasteiger partial charge in [0.05, 0.1) is 0 Å². The van der Waals surface area contributed by atoms with E-state index in [0.29, 0.717) is 11.8 Å². The lowest BCUT2D eigenvalue weighted by Crippen LogP contribution is -2.01. The molecule has 2 heterocycles. The second-order valence-electron chi connectivity index (χ2n) is 6.24. The SMILES string of the molecule is CC.CC(CCCN)c1cccnc1.CC(CCCN)c1cccnc1.CN. The largest absolute Gasteiger partial charge is 0.333 e. The van der Waals surface area contributed by atoms with Gasteiger partial charge in [-0.05, 0) is 80.9 Å². The smallest absolute Gasteiger partial charge is 0.0302 e. The van der Waals surface area contributed by atoms with Gasteiger partial charge in [-0.3, -0.25) is 9.97 Å². The topological polar surface area (TPSA) is 104 Å². The van der Waals surface area contributed by atoms with Crippen LogP contribution in [-0.4, -0.2) is 30.1 Å². The molecule has 0 aliphatic rings. The molecule has 0 aromatic carbocycles. The summed E-state index contributed by atoms with van der Waals surface area (Å²) in [6.07, 6.45) is 12.0. The van der Waals surface area contributed by atoms with Crippen LogP contribution in [0.3, 0.4) is 0 Å². The molecule has 6 N–H and O–H groups in total. The fourth-order valence-electron chi connectivity index (χ4n) is 2.52. The Bertz CT molecular complexity index is 470. The van der Waals surface area contributed by atoms with Gasteiger partial charge in [0.1, 0.15) is 0 Å². The molecule has 0 saturated carbocycles. The van der Waals surface area contributed by atoms with E-state index in [1.54, 1.807) is 12.4 Å². The number of hydrogen-bond acceptors (Lipinski definition) is 5. The van der Waals surface area contributed by atoms with Crippen molar-refractivity contribution in [1.29, 1.82) is 0 Å². The average molecular weight is 390 g/mol. The molecule has 2 rings (SSSR count). The van der Waals surface area contributed by atoms with Gasteiger partial charge in [0.15, 0.2) is 0 Å². The minimum absolute atomic E-state index is 0.585. The van der Waals surface area contributed by atoms with Crippen LogP contribution < -0.4 is 17.2 Å². The number of nitrogens with zero attached hydrogens (tertiary/aromatic N) is 2. The first-order chi connectivity index (χ1) is 13.7. The van der Waals surface area contributed by atoms with Crippen molar-refractivity contribution < 1.29 is 0 Å².